The van der Waals surface area contributed by atoms with E-state index in [1.165, 1.54) is 42.5 Å². The van der Waals surface area contributed by atoms with Crippen LogP contribution in [0.15, 0.2) is 53.4 Å². The van der Waals surface area contributed by atoms with E-state index in [1.807, 2.05) is 6.07 Å². The van der Waals surface area contributed by atoms with Gasteiger partial charge in [0.05, 0.1) is 11.0 Å². The first-order chi connectivity index (χ1) is 10.9. The molecule has 2 aromatic rings. The Kier molecular flexibility index (Phi) is 3.80. The predicted molar refractivity (Wildman–Crippen MR) is 80.8 cm³/mol. The highest BCUT2D eigenvalue weighted by Gasteiger charge is 2.46. The zero-order valence-electron chi connectivity index (χ0n) is 12.0. The van der Waals surface area contributed by atoms with Crippen LogP contribution in [0.4, 0.5) is 4.39 Å². The number of sulfonamides is 1. The summed E-state index contributed by atoms with van der Waals surface area (Å²) in [7, 11) is -3.75. The van der Waals surface area contributed by atoms with E-state index in [-0.39, 0.29) is 4.90 Å². The Bertz CT molecular complexity index is 869. The Balaban J connectivity index is 1.75. The van der Waals surface area contributed by atoms with Gasteiger partial charge in [-0.15, -0.1) is 0 Å². The molecular formula is C16H13FN2O3S. The molecule has 3 rings (SSSR count). The van der Waals surface area contributed by atoms with E-state index < -0.39 is 21.4 Å². The van der Waals surface area contributed by atoms with E-state index in [0.29, 0.717) is 24.3 Å². The molecule has 7 heteroatoms. The molecule has 0 heterocycles. The molecule has 2 aromatic carbocycles. The van der Waals surface area contributed by atoms with Gasteiger partial charge in [-0.1, -0.05) is 6.07 Å². The van der Waals surface area contributed by atoms with Crippen LogP contribution >= 0.6 is 0 Å². The molecule has 0 unspecified atom stereocenters. The number of hydrogen-bond acceptors (Lipinski definition) is 4. The Labute approximate surface area is 133 Å². The maximum atomic E-state index is 13.1. The minimum absolute atomic E-state index is 0.0469. The fourth-order valence-corrected chi connectivity index (χ4v) is 3.41. The summed E-state index contributed by atoms with van der Waals surface area (Å²) in [5.74, 6) is 0.285. The van der Waals surface area contributed by atoms with Crippen LogP contribution in [-0.2, 0) is 10.0 Å². The first-order valence-electron chi connectivity index (χ1n) is 6.91. The van der Waals surface area contributed by atoms with E-state index in [9.17, 15) is 12.8 Å². The van der Waals surface area contributed by atoms with Gasteiger partial charge in [0.1, 0.15) is 22.9 Å². The highest BCUT2D eigenvalue weighted by Crippen LogP contribution is 2.36. The maximum absolute atomic E-state index is 13.1. The lowest BCUT2D eigenvalue weighted by atomic mass is 10.3. The van der Waals surface area contributed by atoms with E-state index in [4.69, 9.17) is 10.00 Å². The molecule has 1 N–H and O–H groups in total. The summed E-state index contributed by atoms with van der Waals surface area (Å²) >= 11 is 0. The minimum Gasteiger partial charge on any atom is -0.457 e. The van der Waals surface area contributed by atoms with Crippen molar-refractivity contribution in [3.63, 3.8) is 0 Å². The number of nitrogens with one attached hydrogen (secondary N) is 1. The van der Waals surface area contributed by atoms with Crippen molar-refractivity contribution in [3.05, 3.63) is 54.3 Å². The molecule has 0 spiro atoms. The van der Waals surface area contributed by atoms with E-state index in [2.05, 4.69) is 4.72 Å². The fraction of sp³-hybridized carbons (Fsp3) is 0.188. The summed E-state index contributed by atoms with van der Waals surface area (Å²) in [5, 5.41) is 8.97. The number of halogens is 1. The molecule has 0 radical (unpaired) electrons. The average Bonchev–Trinajstić information content (AvgIpc) is 3.27. The van der Waals surface area contributed by atoms with Crippen LogP contribution < -0.4 is 9.46 Å². The highest BCUT2D eigenvalue weighted by atomic mass is 32.2. The third-order valence-corrected chi connectivity index (χ3v) is 5.01. The maximum Gasteiger partial charge on any atom is 0.241 e. The van der Waals surface area contributed by atoms with Crippen molar-refractivity contribution in [1.82, 2.24) is 4.72 Å². The summed E-state index contributed by atoms with van der Waals surface area (Å²) in [6.45, 7) is 0. The second-order valence-corrected chi connectivity index (χ2v) is 7.01. The first-order valence-corrected chi connectivity index (χ1v) is 8.40. The lowest BCUT2D eigenvalue weighted by Crippen LogP contribution is -2.35. The van der Waals surface area contributed by atoms with E-state index >= 15 is 0 Å². The molecule has 0 amide bonds. The second kappa shape index (κ2) is 5.65. The van der Waals surface area contributed by atoms with Crippen LogP contribution in [-0.4, -0.2) is 14.0 Å². The van der Waals surface area contributed by atoms with Gasteiger partial charge in [-0.2, -0.15) is 9.98 Å². The van der Waals surface area contributed by atoms with Crippen LogP contribution in [0.5, 0.6) is 11.5 Å². The number of rotatable bonds is 5. The van der Waals surface area contributed by atoms with Crippen molar-refractivity contribution >= 4 is 10.0 Å². The number of benzene rings is 2. The van der Waals surface area contributed by atoms with Crippen molar-refractivity contribution in [3.8, 4) is 17.6 Å². The molecular weight excluding hydrogens is 319 g/mol. The predicted octanol–water partition coefficient (Wildman–Crippen LogP) is 2.95. The smallest absolute Gasteiger partial charge is 0.241 e. The SMILES string of the molecule is N#CC1(NS(=O)(=O)c2ccc(Oc3cccc(F)c3)cc2)CC1. The van der Waals surface area contributed by atoms with E-state index in [1.54, 1.807) is 6.07 Å². The molecule has 0 saturated heterocycles. The molecule has 1 saturated carbocycles. The number of hydrogen-bond donors (Lipinski definition) is 1. The topological polar surface area (TPSA) is 79.2 Å². The molecule has 118 valence electrons. The largest absolute Gasteiger partial charge is 0.457 e. The van der Waals surface area contributed by atoms with Gasteiger partial charge in [-0.25, -0.2) is 12.8 Å². The quantitative estimate of drug-likeness (QED) is 0.913. The summed E-state index contributed by atoms with van der Waals surface area (Å²) in [6, 6.07) is 13.3. The molecule has 1 fully saturated rings. The van der Waals surface area contributed by atoms with Crippen LogP contribution in [0.3, 0.4) is 0 Å². The number of nitriles is 1. The van der Waals surface area contributed by atoms with E-state index in [0.717, 1.165) is 0 Å². The van der Waals surface area contributed by atoms with Crippen LogP contribution in [0.25, 0.3) is 0 Å². The number of ether oxygens (including phenoxy) is 1. The van der Waals surface area contributed by atoms with Gasteiger partial charge in [0, 0.05) is 6.07 Å². The van der Waals surface area contributed by atoms with Gasteiger partial charge in [-0.05, 0) is 49.2 Å². The zero-order valence-corrected chi connectivity index (χ0v) is 12.8. The third kappa shape index (κ3) is 3.50. The Morgan fingerprint density at radius 1 is 1.13 bits per heavy atom. The Hall–Kier alpha value is -2.43. The average molecular weight is 332 g/mol. The second-order valence-electron chi connectivity index (χ2n) is 5.33. The van der Waals surface area contributed by atoms with Gasteiger partial charge in [-0.3, -0.25) is 0 Å². The monoisotopic (exact) mass is 332 g/mol. The Morgan fingerprint density at radius 3 is 2.39 bits per heavy atom. The highest BCUT2D eigenvalue weighted by molar-refractivity contribution is 7.89. The van der Waals surface area contributed by atoms with Gasteiger partial charge in [0.2, 0.25) is 10.0 Å². The zero-order chi connectivity index (χ0) is 16.5. The van der Waals surface area contributed by atoms with Crippen LogP contribution in [0.2, 0.25) is 0 Å². The molecule has 1 aliphatic carbocycles. The summed E-state index contributed by atoms with van der Waals surface area (Å²) in [5.41, 5.74) is -0.963. The molecule has 0 bridgehead atoms. The first kappa shape index (κ1) is 15.5. The lowest BCUT2D eigenvalue weighted by Gasteiger charge is -2.11. The van der Waals surface area contributed by atoms with Gasteiger partial charge in [0.15, 0.2) is 0 Å². The Morgan fingerprint density at radius 2 is 1.83 bits per heavy atom. The molecule has 1 aliphatic rings. The van der Waals surface area contributed by atoms with Gasteiger partial charge in [0.25, 0.3) is 0 Å². The molecule has 0 atom stereocenters. The lowest BCUT2D eigenvalue weighted by molar-refractivity contribution is 0.476. The van der Waals surface area contributed by atoms with Crippen molar-refractivity contribution in [2.24, 2.45) is 0 Å². The van der Waals surface area contributed by atoms with Crippen molar-refractivity contribution in [1.29, 1.82) is 5.26 Å². The van der Waals surface area contributed by atoms with Gasteiger partial charge >= 0.3 is 0 Å². The van der Waals surface area contributed by atoms with Crippen molar-refractivity contribution < 1.29 is 17.5 Å². The standard InChI is InChI=1S/C16H13FN2O3S/c17-12-2-1-3-14(10-12)22-13-4-6-15(7-5-13)23(20,21)19-16(11-18)8-9-16/h1-7,10,19H,8-9H2. The molecule has 23 heavy (non-hydrogen) atoms. The molecule has 0 aromatic heterocycles. The fourth-order valence-electron chi connectivity index (χ4n) is 2.03. The third-order valence-electron chi connectivity index (χ3n) is 3.46. The summed E-state index contributed by atoms with van der Waals surface area (Å²) in [4.78, 5) is 0.0469. The van der Waals surface area contributed by atoms with Crippen LogP contribution in [0, 0.1) is 17.1 Å². The normalized spacial score (nSPS) is 15.7. The number of nitrogens with zero attached hydrogens (tertiary/aromatic N) is 1. The summed E-state index contributed by atoms with van der Waals surface area (Å²) < 4.78 is 45.4. The molecule has 5 nitrogen and oxygen atoms in total. The molecule has 0 aliphatic heterocycles. The summed E-state index contributed by atoms with van der Waals surface area (Å²) in [6.07, 6.45) is 1.03. The minimum atomic E-state index is -3.75. The van der Waals surface area contributed by atoms with Crippen LogP contribution in [0.1, 0.15) is 12.8 Å². The van der Waals surface area contributed by atoms with Crippen molar-refractivity contribution in [2.45, 2.75) is 23.3 Å². The van der Waals surface area contributed by atoms with Crippen molar-refractivity contribution in [2.75, 3.05) is 0 Å². The van der Waals surface area contributed by atoms with Gasteiger partial charge < -0.3 is 4.74 Å².